The molecule has 2 aromatic rings. The molecule has 0 aliphatic heterocycles. The normalized spacial score (nSPS) is 12.1. The van der Waals surface area contributed by atoms with Gasteiger partial charge in [-0.15, -0.1) is 0 Å². The van der Waals surface area contributed by atoms with Crippen molar-refractivity contribution < 1.29 is 9.18 Å². The highest BCUT2D eigenvalue weighted by atomic mass is 35.5. The number of likely N-dealkylation sites (N-methyl/N-ethyl adjacent to an activating group) is 1. The molecule has 0 heterocycles. The molecule has 0 aliphatic carbocycles. The van der Waals surface area contributed by atoms with E-state index in [1.54, 1.807) is 6.07 Å². The maximum Gasteiger partial charge on any atom is 0.319 e. The molecule has 0 spiro atoms. The molecule has 2 aromatic carbocycles. The zero-order valence-corrected chi connectivity index (χ0v) is 14.8. The Morgan fingerprint density at radius 1 is 1.21 bits per heavy atom. The first-order valence-corrected chi connectivity index (χ1v) is 8.05. The van der Waals surface area contributed by atoms with E-state index in [0.29, 0.717) is 11.6 Å². The van der Waals surface area contributed by atoms with Crippen LogP contribution in [0.25, 0.3) is 0 Å². The first-order valence-electron chi connectivity index (χ1n) is 7.29. The smallest absolute Gasteiger partial charge is 0.319 e. The SMILES string of the molecule is CN(C)C(CNC(=O)Nc1ccc(Cl)cc1F)c1ccccc1Cl. The van der Waals surface area contributed by atoms with Crippen molar-refractivity contribution in [1.29, 1.82) is 0 Å². The lowest BCUT2D eigenvalue weighted by Crippen LogP contribution is -2.37. The van der Waals surface area contributed by atoms with Crippen LogP contribution < -0.4 is 10.6 Å². The summed E-state index contributed by atoms with van der Waals surface area (Å²) in [6.07, 6.45) is 0. The fourth-order valence-electron chi connectivity index (χ4n) is 2.26. The van der Waals surface area contributed by atoms with Gasteiger partial charge in [0.1, 0.15) is 5.82 Å². The summed E-state index contributed by atoms with van der Waals surface area (Å²) in [5.74, 6) is -0.590. The number of hydrogen-bond donors (Lipinski definition) is 2. The quantitative estimate of drug-likeness (QED) is 0.811. The molecule has 128 valence electrons. The van der Waals surface area contributed by atoms with Gasteiger partial charge in [0.2, 0.25) is 0 Å². The van der Waals surface area contributed by atoms with E-state index in [4.69, 9.17) is 23.2 Å². The summed E-state index contributed by atoms with van der Waals surface area (Å²) in [4.78, 5) is 14.0. The molecule has 7 heteroatoms. The van der Waals surface area contributed by atoms with Gasteiger partial charge in [0.15, 0.2) is 0 Å². The number of benzene rings is 2. The maximum atomic E-state index is 13.7. The highest BCUT2D eigenvalue weighted by molar-refractivity contribution is 6.31. The van der Waals surface area contributed by atoms with Crippen molar-refractivity contribution in [2.45, 2.75) is 6.04 Å². The summed E-state index contributed by atoms with van der Waals surface area (Å²) >= 11 is 11.9. The van der Waals surface area contributed by atoms with E-state index in [1.165, 1.54) is 12.1 Å². The minimum atomic E-state index is -0.590. The molecule has 24 heavy (non-hydrogen) atoms. The van der Waals surface area contributed by atoms with E-state index in [0.717, 1.165) is 11.6 Å². The summed E-state index contributed by atoms with van der Waals surface area (Å²) in [5, 5.41) is 6.09. The molecule has 2 rings (SSSR count). The first kappa shape index (κ1) is 18.5. The second-order valence-corrected chi connectivity index (χ2v) is 6.30. The number of halogens is 3. The summed E-state index contributed by atoms with van der Waals surface area (Å²) in [7, 11) is 3.79. The average Bonchev–Trinajstić information content (AvgIpc) is 2.51. The summed E-state index contributed by atoms with van der Waals surface area (Å²) < 4.78 is 13.7. The molecule has 1 unspecified atom stereocenters. The van der Waals surface area contributed by atoms with Gasteiger partial charge in [0, 0.05) is 16.6 Å². The lowest BCUT2D eigenvalue weighted by atomic mass is 10.1. The van der Waals surface area contributed by atoms with E-state index >= 15 is 0 Å². The maximum absolute atomic E-state index is 13.7. The average molecular weight is 370 g/mol. The van der Waals surface area contributed by atoms with Crippen LogP contribution in [0.4, 0.5) is 14.9 Å². The highest BCUT2D eigenvalue weighted by Gasteiger charge is 2.18. The topological polar surface area (TPSA) is 44.4 Å². The summed E-state index contributed by atoms with van der Waals surface area (Å²) in [6, 6.07) is 10.9. The van der Waals surface area contributed by atoms with E-state index in [2.05, 4.69) is 10.6 Å². The molecule has 0 aliphatic rings. The van der Waals surface area contributed by atoms with E-state index < -0.39 is 11.8 Å². The Labute approximate surface area is 150 Å². The Morgan fingerprint density at radius 2 is 1.92 bits per heavy atom. The molecule has 0 radical (unpaired) electrons. The highest BCUT2D eigenvalue weighted by Crippen LogP contribution is 2.25. The molecule has 0 saturated carbocycles. The van der Waals surface area contributed by atoms with Crippen molar-refractivity contribution in [3.8, 4) is 0 Å². The Bertz CT molecular complexity index is 725. The van der Waals surface area contributed by atoms with E-state index in [1.807, 2.05) is 37.2 Å². The van der Waals surface area contributed by atoms with Crippen LogP contribution in [0.3, 0.4) is 0 Å². The standard InChI is InChI=1S/C17H18Cl2FN3O/c1-23(2)16(12-5-3-4-6-13(12)19)10-21-17(24)22-15-8-7-11(18)9-14(15)20/h3-9,16H,10H2,1-2H3,(H2,21,22,24). The van der Waals surface area contributed by atoms with Crippen molar-refractivity contribution in [3.05, 3.63) is 63.9 Å². The zero-order valence-electron chi connectivity index (χ0n) is 13.3. The predicted molar refractivity (Wildman–Crippen MR) is 96.3 cm³/mol. The number of hydrogen-bond acceptors (Lipinski definition) is 2. The van der Waals surface area contributed by atoms with Crippen LogP contribution in [0.2, 0.25) is 10.0 Å². The van der Waals surface area contributed by atoms with Crippen LogP contribution in [0, 0.1) is 5.82 Å². The van der Waals surface area contributed by atoms with Crippen LogP contribution in [0.5, 0.6) is 0 Å². The third-order valence-electron chi connectivity index (χ3n) is 3.52. The number of anilines is 1. The second-order valence-electron chi connectivity index (χ2n) is 5.46. The molecule has 0 fully saturated rings. The number of nitrogens with zero attached hydrogens (tertiary/aromatic N) is 1. The van der Waals surface area contributed by atoms with Gasteiger partial charge < -0.3 is 15.5 Å². The van der Waals surface area contributed by atoms with E-state index in [9.17, 15) is 9.18 Å². The second kappa shape index (κ2) is 8.33. The number of urea groups is 1. The zero-order chi connectivity index (χ0) is 17.7. The molecule has 4 nitrogen and oxygen atoms in total. The Balaban J connectivity index is 2.02. The molecule has 1 atom stereocenters. The molecule has 2 N–H and O–H groups in total. The first-order chi connectivity index (χ1) is 11.4. The minimum absolute atomic E-state index is 0.0658. The minimum Gasteiger partial charge on any atom is -0.336 e. The molecular weight excluding hydrogens is 352 g/mol. The summed E-state index contributed by atoms with van der Waals surface area (Å²) in [5.41, 5.74) is 0.971. The molecule has 0 aromatic heterocycles. The number of carbonyl (C=O) groups excluding carboxylic acids is 1. The van der Waals surface area contributed by atoms with Gasteiger partial charge >= 0.3 is 6.03 Å². The van der Waals surface area contributed by atoms with Crippen molar-refractivity contribution in [1.82, 2.24) is 10.2 Å². The van der Waals surface area contributed by atoms with Crippen LogP contribution in [-0.4, -0.2) is 31.6 Å². The molecule has 0 bridgehead atoms. The van der Waals surface area contributed by atoms with Crippen LogP contribution in [0.15, 0.2) is 42.5 Å². The van der Waals surface area contributed by atoms with Crippen molar-refractivity contribution in [2.24, 2.45) is 0 Å². The van der Waals surface area contributed by atoms with Crippen molar-refractivity contribution in [2.75, 3.05) is 26.0 Å². The van der Waals surface area contributed by atoms with Crippen LogP contribution in [-0.2, 0) is 0 Å². The Kier molecular flexibility index (Phi) is 6.43. The lowest BCUT2D eigenvalue weighted by molar-refractivity contribution is 0.243. The largest absolute Gasteiger partial charge is 0.336 e. The third-order valence-corrected chi connectivity index (χ3v) is 4.10. The fourth-order valence-corrected chi connectivity index (χ4v) is 2.68. The van der Waals surface area contributed by atoms with Crippen molar-refractivity contribution in [3.63, 3.8) is 0 Å². The number of carbonyl (C=O) groups is 1. The van der Waals surface area contributed by atoms with Crippen molar-refractivity contribution >= 4 is 34.9 Å². The van der Waals surface area contributed by atoms with Gasteiger partial charge in [-0.2, -0.15) is 0 Å². The molecule has 0 saturated heterocycles. The predicted octanol–water partition coefficient (Wildman–Crippen LogP) is 4.56. The number of rotatable bonds is 5. The molecule has 2 amide bonds. The van der Waals surface area contributed by atoms with Gasteiger partial charge in [-0.1, -0.05) is 41.4 Å². The number of nitrogens with one attached hydrogen (secondary N) is 2. The van der Waals surface area contributed by atoms with Gasteiger partial charge in [0.05, 0.1) is 11.7 Å². The molecular formula is C17H18Cl2FN3O. The Morgan fingerprint density at radius 3 is 2.54 bits per heavy atom. The third kappa shape index (κ3) is 4.84. The monoisotopic (exact) mass is 369 g/mol. The Hall–Kier alpha value is -1.82. The number of amides is 2. The lowest BCUT2D eigenvalue weighted by Gasteiger charge is -2.26. The van der Waals surface area contributed by atoms with Crippen LogP contribution >= 0.6 is 23.2 Å². The van der Waals surface area contributed by atoms with E-state index in [-0.39, 0.29) is 16.8 Å². The van der Waals surface area contributed by atoms with Crippen LogP contribution in [0.1, 0.15) is 11.6 Å². The van der Waals surface area contributed by atoms with Gasteiger partial charge in [0.25, 0.3) is 0 Å². The van der Waals surface area contributed by atoms with Gasteiger partial charge in [-0.05, 0) is 43.9 Å². The van der Waals surface area contributed by atoms with Gasteiger partial charge in [-0.25, -0.2) is 9.18 Å². The fraction of sp³-hybridized carbons (Fsp3) is 0.235. The summed E-state index contributed by atoms with van der Waals surface area (Å²) in [6.45, 7) is 0.317. The van der Waals surface area contributed by atoms with Gasteiger partial charge in [-0.3, -0.25) is 0 Å².